The molecule has 12 heteroatoms. The SMILES string of the molecule is CN(C)C(=O)[C@@H]1C[C@H](NC(=O)O)C[C@H](Nc2ncnc3sc(CC(F)(F)F)cc23)C1. The largest absolute Gasteiger partial charge is 0.465 e. The summed E-state index contributed by atoms with van der Waals surface area (Å²) in [5.74, 6) is -0.111. The highest BCUT2D eigenvalue weighted by Gasteiger charge is 2.35. The number of carbonyl (C=O) groups excluding carboxylic acids is 1. The fraction of sp³-hybridized carbons (Fsp3) is 0.556. The summed E-state index contributed by atoms with van der Waals surface area (Å²) in [7, 11) is 3.28. The minimum atomic E-state index is -4.32. The van der Waals surface area contributed by atoms with Crippen LogP contribution in [0.1, 0.15) is 24.1 Å². The smallest absolute Gasteiger partial charge is 0.404 e. The molecule has 2 heterocycles. The van der Waals surface area contributed by atoms with Gasteiger partial charge < -0.3 is 20.6 Å². The maximum Gasteiger partial charge on any atom is 0.404 e. The van der Waals surface area contributed by atoms with Crippen LogP contribution in [-0.4, -0.2) is 64.3 Å². The van der Waals surface area contributed by atoms with Gasteiger partial charge in [-0.1, -0.05) is 0 Å². The zero-order valence-electron chi connectivity index (χ0n) is 16.4. The van der Waals surface area contributed by atoms with Gasteiger partial charge in [0.25, 0.3) is 0 Å². The Morgan fingerprint density at radius 1 is 1.23 bits per heavy atom. The van der Waals surface area contributed by atoms with Crippen molar-refractivity contribution in [2.24, 2.45) is 5.92 Å². The number of hydrogen-bond donors (Lipinski definition) is 3. The van der Waals surface area contributed by atoms with E-state index >= 15 is 0 Å². The van der Waals surface area contributed by atoms with Crippen LogP contribution in [0.5, 0.6) is 0 Å². The third kappa shape index (κ3) is 5.49. The average Bonchev–Trinajstić information content (AvgIpc) is 3.01. The van der Waals surface area contributed by atoms with Crippen LogP contribution in [0.3, 0.4) is 0 Å². The molecule has 1 fully saturated rings. The van der Waals surface area contributed by atoms with Gasteiger partial charge in [0.05, 0.1) is 11.8 Å². The summed E-state index contributed by atoms with van der Waals surface area (Å²) in [6.07, 6.45) is -3.99. The van der Waals surface area contributed by atoms with Gasteiger partial charge in [0, 0.05) is 37.0 Å². The Morgan fingerprint density at radius 3 is 2.57 bits per heavy atom. The fourth-order valence-electron chi connectivity index (χ4n) is 3.79. The number of carboxylic acid groups (broad SMARTS) is 1. The van der Waals surface area contributed by atoms with Gasteiger partial charge in [-0.15, -0.1) is 11.3 Å². The minimum absolute atomic E-state index is 0.102. The number of aromatic nitrogens is 2. The van der Waals surface area contributed by atoms with Crippen LogP contribution >= 0.6 is 11.3 Å². The number of thiophene rings is 1. The number of rotatable bonds is 5. The molecule has 0 aromatic carbocycles. The third-order valence-electron chi connectivity index (χ3n) is 4.92. The summed E-state index contributed by atoms with van der Waals surface area (Å²) in [6, 6.07) is 0.713. The molecule has 3 N–H and O–H groups in total. The van der Waals surface area contributed by atoms with Crippen LogP contribution in [0.4, 0.5) is 23.8 Å². The van der Waals surface area contributed by atoms with E-state index in [0.29, 0.717) is 35.3 Å². The zero-order chi connectivity index (χ0) is 22.1. The van der Waals surface area contributed by atoms with Crippen LogP contribution in [-0.2, 0) is 11.2 Å². The molecule has 0 radical (unpaired) electrons. The molecular weight excluding hydrogens is 423 g/mol. The Hall–Kier alpha value is -2.63. The van der Waals surface area contributed by atoms with Crippen molar-refractivity contribution in [2.75, 3.05) is 19.4 Å². The number of halogens is 3. The highest BCUT2D eigenvalue weighted by atomic mass is 32.1. The lowest BCUT2D eigenvalue weighted by atomic mass is 9.81. The van der Waals surface area contributed by atoms with Gasteiger partial charge in [-0.2, -0.15) is 13.2 Å². The molecule has 164 valence electrons. The second kappa shape index (κ2) is 8.62. The Labute approximate surface area is 174 Å². The second-order valence-corrected chi connectivity index (χ2v) is 8.69. The molecule has 3 atom stereocenters. The monoisotopic (exact) mass is 445 g/mol. The molecule has 2 aromatic heterocycles. The summed E-state index contributed by atoms with van der Waals surface area (Å²) >= 11 is 0.957. The normalized spacial score (nSPS) is 22.0. The first-order valence-electron chi connectivity index (χ1n) is 9.29. The van der Waals surface area contributed by atoms with Crippen molar-refractivity contribution in [3.05, 3.63) is 17.3 Å². The van der Waals surface area contributed by atoms with E-state index in [1.54, 1.807) is 14.1 Å². The molecule has 30 heavy (non-hydrogen) atoms. The zero-order valence-corrected chi connectivity index (χ0v) is 17.2. The van der Waals surface area contributed by atoms with Gasteiger partial charge in [0.15, 0.2) is 0 Å². The molecule has 0 spiro atoms. The van der Waals surface area contributed by atoms with Crippen molar-refractivity contribution in [1.29, 1.82) is 0 Å². The molecule has 1 saturated carbocycles. The summed E-state index contributed by atoms with van der Waals surface area (Å²) in [5.41, 5.74) is 0. The number of alkyl halides is 3. The maximum absolute atomic E-state index is 12.7. The number of fused-ring (bicyclic) bond motifs is 1. The predicted octanol–water partition coefficient (Wildman–Crippen LogP) is 3.10. The lowest BCUT2D eigenvalue weighted by Crippen LogP contribution is -2.47. The summed E-state index contributed by atoms with van der Waals surface area (Å²) in [5, 5.41) is 15.2. The van der Waals surface area contributed by atoms with E-state index in [9.17, 15) is 22.8 Å². The van der Waals surface area contributed by atoms with Crippen molar-refractivity contribution in [2.45, 2.75) is 43.9 Å². The predicted molar refractivity (Wildman–Crippen MR) is 106 cm³/mol. The quantitative estimate of drug-likeness (QED) is 0.653. The lowest BCUT2D eigenvalue weighted by molar-refractivity contribution is -0.134. The molecule has 2 amide bonds. The Morgan fingerprint density at radius 2 is 1.93 bits per heavy atom. The Kier molecular flexibility index (Phi) is 6.34. The second-order valence-electron chi connectivity index (χ2n) is 7.57. The molecule has 0 saturated heterocycles. The topological polar surface area (TPSA) is 107 Å². The molecule has 0 aliphatic heterocycles. The van der Waals surface area contributed by atoms with E-state index in [0.717, 1.165) is 11.3 Å². The van der Waals surface area contributed by atoms with Gasteiger partial charge in [-0.05, 0) is 25.3 Å². The average molecular weight is 445 g/mol. The van der Waals surface area contributed by atoms with E-state index in [2.05, 4.69) is 20.6 Å². The minimum Gasteiger partial charge on any atom is -0.465 e. The first-order chi connectivity index (χ1) is 14.0. The van der Waals surface area contributed by atoms with Crippen molar-refractivity contribution in [3.8, 4) is 0 Å². The third-order valence-corrected chi connectivity index (χ3v) is 5.96. The summed E-state index contributed by atoms with van der Waals surface area (Å²) in [6.45, 7) is 0. The van der Waals surface area contributed by atoms with Crippen LogP contribution < -0.4 is 10.6 Å². The number of nitrogens with one attached hydrogen (secondary N) is 2. The Balaban J connectivity index is 1.83. The molecule has 3 rings (SSSR count). The molecule has 1 aliphatic rings. The fourth-order valence-corrected chi connectivity index (χ4v) is 4.82. The standard InChI is InChI=1S/C18H22F3N5O3S/c1-26(2)16(27)9-3-10(5-11(4-9)25-17(28)29)24-14-13-6-12(7-18(19,20)21)30-15(13)23-8-22-14/h6,8-11,25H,3-5,7H2,1-2H3,(H,28,29)(H,22,23,24)/t9-,10+,11-/m0/s1. The first-order valence-corrected chi connectivity index (χ1v) is 10.1. The maximum atomic E-state index is 12.7. The summed E-state index contributed by atoms with van der Waals surface area (Å²) in [4.78, 5) is 33.8. The van der Waals surface area contributed by atoms with Crippen molar-refractivity contribution in [3.63, 3.8) is 0 Å². The van der Waals surface area contributed by atoms with Crippen molar-refractivity contribution in [1.82, 2.24) is 20.2 Å². The molecule has 2 aromatic rings. The molecule has 8 nitrogen and oxygen atoms in total. The van der Waals surface area contributed by atoms with Crippen molar-refractivity contribution >= 4 is 39.4 Å². The van der Waals surface area contributed by atoms with Crippen LogP contribution in [0.25, 0.3) is 10.2 Å². The lowest BCUT2D eigenvalue weighted by Gasteiger charge is -2.35. The van der Waals surface area contributed by atoms with Crippen LogP contribution in [0.15, 0.2) is 12.4 Å². The van der Waals surface area contributed by atoms with E-state index < -0.39 is 24.7 Å². The number of amides is 2. The number of carbonyl (C=O) groups is 2. The van der Waals surface area contributed by atoms with E-state index in [1.807, 2.05) is 0 Å². The van der Waals surface area contributed by atoms with E-state index in [1.165, 1.54) is 17.3 Å². The summed E-state index contributed by atoms with van der Waals surface area (Å²) < 4.78 is 38.2. The molecular formula is C18H22F3N5O3S. The highest BCUT2D eigenvalue weighted by Crippen LogP contribution is 2.34. The molecule has 1 aliphatic carbocycles. The van der Waals surface area contributed by atoms with Gasteiger partial charge in [-0.3, -0.25) is 4.79 Å². The highest BCUT2D eigenvalue weighted by molar-refractivity contribution is 7.18. The van der Waals surface area contributed by atoms with Crippen molar-refractivity contribution < 1.29 is 27.9 Å². The van der Waals surface area contributed by atoms with E-state index in [4.69, 9.17) is 5.11 Å². The first kappa shape index (κ1) is 22.1. The molecule has 0 unspecified atom stereocenters. The number of hydrogen-bond acceptors (Lipinski definition) is 6. The van der Waals surface area contributed by atoms with Gasteiger partial charge >= 0.3 is 12.3 Å². The van der Waals surface area contributed by atoms with Gasteiger partial charge in [-0.25, -0.2) is 14.8 Å². The Bertz CT molecular complexity index is 933. The van der Waals surface area contributed by atoms with Gasteiger partial charge in [0.2, 0.25) is 5.91 Å². The van der Waals surface area contributed by atoms with Crippen LogP contribution in [0, 0.1) is 5.92 Å². The molecule has 0 bridgehead atoms. The van der Waals surface area contributed by atoms with Gasteiger partial charge in [0.1, 0.15) is 17.0 Å². The van der Waals surface area contributed by atoms with Crippen LogP contribution in [0.2, 0.25) is 0 Å². The number of nitrogens with zero attached hydrogens (tertiary/aromatic N) is 3. The van der Waals surface area contributed by atoms with E-state index in [-0.39, 0.29) is 22.7 Å². The number of anilines is 1.